The molecule has 0 aliphatic heterocycles. The summed E-state index contributed by atoms with van der Waals surface area (Å²) in [6, 6.07) is 0. The van der Waals surface area contributed by atoms with Gasteiger partial charge in [-0.25, -0.2) is 0 Å². The first-order valence-electron chi connectivity index (χ1n) is 12.7. The molecule has 0 spiro atoms. The highest BCUT2D eigenvalue weighted by Gasteiger charge is 2.32. The van der Waals surface area contributed by atoms with Crippen LogP contribution in [0.3, 0.4) is 0 Å². The molecule has 0 aromatic rings. The zero-order valence-electron chi connectivity index (χ0n) is 20.0. The number of halogens is 1. The van der Waals surface area contributed by atoms with Crippen molar-refractivity contribution < 1.29 is 12.4 Å². The predicted molar refractivity (Wildman–Crippen MR) is 132 cm³/mol. The van der Waals surface area contributed by atoms with Crippen LogP contribution in [0.15, 0.2) is 12.4 Å². The van der Waals surface area contributed by atoms with Crippen molar-refractivity contribution in [3.63, 3.8) is 0 Å². The Kier molecular flexibility index (Phi) is 26.0. The van der Waals surface area contributed by atoms with Gasteiger partial charge in [-0.2, -0.15) is 0 Å². The zero-order valence-corrected chi connectivity index (χ0v) is 21.6. The van der Waals surface area contributed by atoms with Crippen LogP contribution in [0.4, 0.5) is 0 Å². The fourth-order valence-corrected chi connectivity index (χ4v) is 8.01. The van der Waals surface area contributed by atoms with E-state index in [0.717, 1.165) is 0 Å². The van der Waals surface area contributed by atoms with E-state index < -0.39 is 7.26 Å². The number of hydrogen-bond acceptors (Lipinski definition) is 0. The molecule has 0 saturated heterocycles. The average Bonchev–Trinajstić information content (AvgIpc) is 2.69. The second-order valence-corrected chi connectivity index (χ2v) is 13.0. The van der Waals surface area contributed by atoms with Gasteiger partial charge in [0.15, 0.2) is 0 Å². The average molecular weight is 433 g/mol. The molecule has 0 aliphatic rings. The standard InChI is InChI=1S/C26H54P.ClH/c1-5-9-12-15-18-21-24-27(8-4,25-22-19-16-13-10-6-2)26-23-20-17-14-11-7-3;/h8H,4-7,9-26H2,1-3H3;1H/q+1;/p-1. The normalized spacial score (nSPS) is 11.4. The largest absolute Gasteiger partial charge is 1.00 e. The lowest BCUT2D eigenvalue weighted by Crippen LogP contribution is -3.00. The molecule has 28 heavy (non-hydrogen) atoms. The van der Waals surface area contributed by atoms with E-state index in [0.29, 0.717) is 0 Å². The number of unbranched alkanes of at least 4 members (excludes halogenated alkanes) is 15. The molecule has 0 atom stereocenters. The van der Waals surface area contributed by atoms with Crippen LogP contribution >= 0.6 is 7.26 Å². The Balaban J connectivity index is 0. The summed E-state index contributed by atoms with van der Waals surface area (Å²) < 4.78 is 0. The second kappa shape index (κ2) is 23.7. The van der Waals surface area contributed by atoms with Crippen molar-refractivity contribution in [1.29, 1.82) is 0 Å². The summed E-state index contributed by atoms with van der Waals surface area (Å²) in [6.07, 6.45) is 30.4. The van der Waals surface area contributed by atoms with Crippen LogP contribution in [0.25, 0.3) is 0 Å². The molecule has 0 radical (unpaired) electrons. The summed E-state index contributed by atoms with van der Waals surface area (Å²) in [5.41, 5.74) is 0. The van der Waals surface area contributed by atoms with E-state index in [9.17, 15) is 0 Å². The topological polar surface area (TPSA) is 0 Å². The third-order valence-electron chi connectivity index (χ3n) is 6.26. The highest BCUT2D eigenvalue weighted by Crippen LogP contribution is 2.62. The molecule has 0 unspecified atom stereocenters. The van der Waals surface area contributed by atoms with Crippen molar-refractivity contribution in [2.75, 3.05) is 18.5 Å². The number of rotatable bonds is 22. The smallest absolute Gasteiger partial charge is 0.0635 e. The Bertz CT molecular complexity index is 262. The van der Waals surface area contributed by atoms with Crippen molar-refractivity contribution in [2.24, 2.45) is 0 Å². The van der Waals surface area contributed by atoms with Crippen LogP contribution in [0.5, 0.6) is 0 Å². The molecule has 0 aromatic heterocycles. The van der Waals surface area contributed by atoms with E-state index in [-0.39, 0.29) is 12.4 Å². The van der Waals surface area contributed by atoms with Gasteiger partial charge in [-0.05, 0) is 38.5 Å². The van der Waals surface area contributed by atoms with Gasteiger partial charge in [0.05, 0.1) is 24.3 Å². The molecule has 2 heteroatoms. The monoisotopic (exact) mass is 432 g/mol. The minimum atomic E-state index is -0.880. The van der Waals surface area contributed by atoms with E-state index in [4.69, 9.17) is 0 Å². The Labute approximate surface area is 186 Å². The van der Waals surface area contributed by atoms with Gasteiger partial charge in [0.2, 0.25) is 0 Å². The predicted octanol–water partition coefficient (Wildman–Crippen LogP) is 7.23. The molecule has 0 saturated carbocycles. The lowest BCUT2D eigenvalue weighted by atomic mass is 10.1. The van der Waals surface area contributed by atoms with E-state index in [1.54, 1.807) is 0 Å². The van der Waals surface area contributed by atoms with Gasteiger partial charge < -0.3 is 12.4 Å². The Hall–Kier alpha value is 0.460. The maximum absolute atomic E-state index is 4.37. The second-order valence-electron chi connectivity index (χ2n) is 8.88. The van der Waals surface area contributed by atoms with Crippen molar-refractivity contribution in [3.8, 4) is 0 Å². The molecule has 0 heterocycles. The van der Waals surface area contributed by atoms with Crippen LogP contribution in [-0.2, 0) is 0 Å². The zero-order chi connectivity index (χ0) is 20.1. The molecule has 0 amide bonds. The van der Waals surface area contributed by atoms with Crippen LogP contribution in [0, 0.1) is 0 Å². The first-order valence-corrected chi connectivity index (χ1v) is 15.2. The third-order valence-corrected chi connectivity index (χ3v) is 10.7. The quantitative estimate of drug-likeness (QED) is 0.125. The summed E-state index contributed by atoms with van der Waals surface area (Å²) in [6.45, 7) is 11.3. The fourth-order valence-electron chi connectivity index (χ4n) is 4.23. The molecule has 0 aliphatic carbocycles. The van der Waals surface area contributed by atoms with E-state index in [1.807, 2.05) is 0 Å². The van der Waals surface area contributed by atoms with Crippen LogP contribution in [-0.4, -0.2) is 18.5 Å². The summed E-state index contributed by atoms with van der Waals surface area (Å²) >= 11 is 0. The van der Waals surface area contributed by atoms with Crippen LogP contribution in [0.2, 0.25) is 0 Å². The van der Waals surface area contributed by atoms with Gasteiger partial charge >= 0.3 is 0 Å². The molecule has 0 rings (SSSR count). The molecular weight excluding hydrogens is 379 g/mol. The molecule has 170 valence electrons. The van der Waals surface area contributed by atoms with Crippen molar-refractivity contribution >= 4 is 7.26 Å². The minimum absolute atomic E-state index is 0. The van der Waals surface area contributed by atoms with Crippen molar-refractivity contribution in [3.05, 3.63) is 12.4 Å². The van der Waals surface area contributed by atoms with E-state index in [2.05, 4.69) is 33.2 Å². The lowest BCUT2D eigenvalue weighted by molar-refractivity contribution is -0.00000614. The molecule has 0 bridgehead atoms. The Morgan fingerprint density at radius 3 is 0.964 bits per heavy atom. The Morgan fingerprint density at radius 1 is 0.464 bits per heavy atom. The van der Waals surface area contributed by atoms with E-state index >= 15 is 0 Å². The first kappa shape index (κ1) is 30.7. The van der Waals surface area contributed by atoms with Crippen molar-refractivity contribution in [2.45, 2.75) is 136 Å². The molecule has 0 nitrogen and oxygen atoms in total. The van der Waals surface area contributed by atoms with Crippen molar-refractivity contribution in [1.82, 2.24) is 0 Å². The van der Waals surface area contributed by atoms with E-state index in [1.165, 1.54) is 134 Å². The maximum Gasteiger partial charge on any atom is 0.0635 e. The summed E-state index contributed by atoms with van der Waals surface area (Å²) in [7, 11) is -0.880. The van der Waals surface area contributed by atoms with Crippen LogP contribution in [0.1, 0.15) is 136 Å². The minimum Gasteiger partial charge on any atom is -1.00 e. The Morgan fingerprint density at radius 2 is 0.714 bits per heavy atom. The van der Waals surface area contributed by atoms with Gasteiger partial charge in [0.1, 0.15) is 0 Å². The fraction of sp³-hybridized carbons (Fsp3) is 0.923. The molecular formula is C26H54ClP. The SMILES string of the molecule is C=C[P+](CCCCCCCC)(CCCCCCCC)CCCCCCCC.[Cl-]. The van der Waals surface area contributed by atoms with Gasteiger partial charge in [0.25, 0.3) is 0 Å². The first-order chi connectivity index (χ1) is 13.2. The maximum atomic E-state index is 4.37. The van der Waals surface area contributed by atoms with Gasteiger partial charge in [-0.15, -0.1) is 0 Å². The van der Waals surface area contributed by atoms with Gasteiger partial charge in [0, 0.05) is 7.26 Å². The summed E-state index contributed by atoms with van der Waals surface area (Å²) in [5.74, 6) is 2.48. The summed E-state index contributed by atoms with van der Waals surface area (Å²) in [5, 5.41) is 0. The third kappa shape index (κ3) is 18.5. The van der Waals surface area contributed by atoms with Gasteiger partial charge in [-0.3, -0.25) is 0 Å². The van der Waals surface area contributed by atoms with Crippen LogP contribution < -0.4 is 12.4 Å². The molecule has 0 fully saturated rings. The van der Waals surface area contributed by atoms with Gasteiger partial charge in [-0.1, -0.05) is 104 Å². The lowest BCUT2D eigenvalue weighted by Gasteiger charge is -2.24. The molecule has 0 N–H and O–H groups in total. The highest BCUT2D eigenvalue weighted by atomic mass is 35.5. The highest BCUT2D eigenvalue weighted by molar-refractivity contribution is 7.78. The summed E-state index contributed by atoms with van der Waals surface area (Å²) in [4.78, 5) is 0. The molecule has 0 aromatic carbocycles. The number of hydrogen-bond donors (Lipinski definition) is 0.